The molecule has 0 aliphatic carbocycles. The number of benzene rings is 2. The second kappa shape index (κ2) is 8.15. The Morgan fingerprint density at radius 3 is 1.83 bits per heavy atom. The quantitative estimate of drug-likeness (QED) is 0.494. The van der Waals surface area contributed by atoms with Crippen molar-refractivity contribution in [1.82, 2.24) is 0 Å². The van der Waals surface area contributed by atoms with E-state index in [1.165, 1.54) is 9.79 Å². The molecule has 0 radical (unpaired) electrons. The molecule has 4 heteroatoms. The van der Waals surface area contributed by atoms with Crippen molar-refractivity contribution in [1.29, 1.82) is 0 Å². The lowest BCUT2D eigenvalue weighted by Gasteiger charge is -1.99. The van der Waals surface area contributed by atoms with Crippen LogP contribution in [-0.2, 0) is 4.79 Å². The molecule has 122 valence electrons. The number of hydrogen-bond donors (Lipinski definition) is 0. The fourth-order valence-electron chi connectivity index (χ4n) is 2.41. The second-order valence-electron chi connectivity index (χ2n) is 5.34. The summed E-state index contributed by atoms with van der Waals surface area (Å²) in [6, 6.07) is 16.6. The van der Waals surface area contributed by atoms with E-state index in [1.54, 1.807) is 35.3 Å². The van der Waals surface area contributed by atoms with Gasteiger partial charge in [-0.2, -0.15) is 0 Å². The average molecular weight is 371 g/mol. The fourth-order valence-corrected chi connectivity index (χ4v) is 4.24. The number of ketones is 1. The minimum absolute atomic E-state index is 0.155. The molecule has 0 unspecified atom stereocenters. The zero-order valence-corrected chi connectivity index (χ0v) is 16.1. The molecule has 3 rings (SSSR count). The molecule has 1 fully saturated rings. The summed E-state index contributed by atoms with van der Waals surface area (Å²) in [5.74, 6) is 0.903. The highest BCUT2D eigenvalue weighted by atomic mass is 32.2. The van der Waals surface area contributed by atoms with Crippen molar-refractivity contribution in [3.8, 4) is 0 Å². The third-order valence-electron chi connectivity index (χ3n) is 3.77. The third-order valence-corrected chi connectivity index (χ3v) is 6.33. The number of thioether (sulfide) groups is 3. The summed E-state index contributed by atoms with van der Waals surface area (Å²) in [5, 5.41) is 0. The van der Waals surface area contributed by atoms with Crippen molar-refractivity contribution in [2.45, 2.75) is 9.79 Å². The van der Waals surface area contributed by atoms with E-state index in [2.05, 4.69) is 61.0 Å². The minimum Gasteiger partial charge on any atom is -0.288 e. The van der Waals surface area contributed by atoms with Gasteiger partial charge in [-0.25, -0.2) is 0 Å². The van der Waals surface area contributed by atoms with Crippen molar-refractivity contribution >= 4 is 53.2 Å². The van der Waals surface area contributed by atoms with Gasteiger partial charge in [0, 0.05) is 21.1 Å². The van der Waals surface area contributed by atoms with Crippen molar-refractivity contribution in [2.24, 2.45) is 0 Å². The van der Waals surface area contributed by atoms with Crippen molar-refractivity contribution < 1.29 is 4.79 Å². The van der Waals surface area contributed by atoms with Gasteiger partial charge in [-0.3, -0.25) is 4.79 Å². The molecule has 0 atom stereocenters. The Hall–Kier alpha value is -1.36. The van der Waals surface area contributed by atoms with Crippen LogP contribution in [0.2, 0.25) is 0 Å². The Morgan fingerprint density at radius 2 is 1.33 bits per heavy atom. The molecule has 2 aromatic rings. The van der Waals surface area contributed by atoms with Gasteiger partial charge in [0.25, 0.3) is 0 Å². The Balaban J connectivity index is 1.78. The molecule has 0 amide bonds. The summed E-state index contributed by atoms with van der Waals surface area (Å²) in [5.41, 5.74) is 3.04. The molecule has 1 aliphatic heterocycles. The van der Waals surface area contributed by atoms with Crippen LogP contribution in [0.15, 0.2) is 68.8 Å². The van der Waals surface area contributed by atoms with E-state index in [1.807, 2.05) is 12.2 Å². The first-order valence-corrected chi connectivity index (χ1v) is 11.0. The number of hydrogen-bond acceptors (Lipinski definition) is 4. The highest BCUT2D eigenvalue weighted by Gasteiger charge is 2.23. The molecule has 1 aliphatic rings. The van der Waals surface area contributed by atoms with Gasteiger partial charge in [0.15, 0.2) is 5.78 Å². The molecule has 0 aromatic heterocycles. The van der Waals surface area contributed by atoms with Crippen LogP contribution in [0.3, 0.4) is 0 Å². The van der Waals surface area contributed by atoms with Crippen molar-refractivity contribution in [2.75, 3.05) is 18.3 Å². The standard InChI is InChI=1S/C20H18OS3/c1-22-17-7-3-14(4-8-17)11-16-13-24-19(20(16)21)12-15-5-9-18(23-2)10-6-15/h3-12H,13H2,1-2H3/b16-11+,19-12-. The Bertz CT molecular complexity index is 719. The zero-order chi connectivity index (χ0) is 16.9. The highest BCUT2D eigenvalue weighted by molar-refractivity contribution is 8.05. The first-order valence-electron chi connectivity index (χ1n) is 7.57. The van der Waals surface area contributed by atoms with Crippen LogP contribution in [0, 0.1) is 0 Å². The number of rotatable bonds is 4. The van der Waals surface area contributed by atoms with Gasteiger partial charge in [0.1, 0.15) is 0 Å². The van der Waals surface area contributed by atoms with E-state index >= 15 is 0 Å². The molecule has 0 bridgehead atoms. The molecule has 0 N–H and O–H groups in total. The van der Waals surface area contributed by atoms with E-state index in [0.717, 1.165) is 27.4 Å². The van der Waals surface area contributed by atoms with Gasteiger partial charge < -0.3 is 0 Å². The zero-order valence-electron chi connectivity index (χ0n) is 13.6. The largest absolute Gasteiger partial charge is 0.288 e. The molecule has 1 saturated heterocycles. The van der Waals surface area contributed by atoms with Gasteiger partial charge in [0.05, 0.1) is 4.91 Å². The monoisotopic (exact) mass is 370 g/mol. The van der Waals surface area contributed by atoms with E-state index < -0.39 is 0 Å². The summed E-state index contributed by atoms with van der Waals surface area (Å²) in [6.45, 7) is 0. The predicted octanol–water partition coefficient (Wildman–Crippen LogP) is 5.87. The summed E-state index contributed by atoms with van der Waals surface area (Å²) < 4.78 is 0. The maximum absolute atomic E-state index is 12.6. The predicted molar refractivity (Wildman–Crippen MR) is 110 cm³/mol. The Kier molecular flexibility index (Phi) is 5.93. The van der Waals surface area contributed by atoms with E-state index in [0.29, 0.717) is 0 Å². The van der Waals surface area contributed by atoms with Crippen LogP contribution in [0.1, 0.15) is 11.1 Å². The van der Waals surface area contributed by atoms with Crippen LogP contribution in [0.25, 0.3) is 12.2 Å². The minimum atomic E-state index is 0.155. The Morgan fingerprint density at radius 1 is 0.833 bits per heavy atom. The maximum Gasteiger partial charge on any atom is 0.196 e. The molecule has 1 heterocycles. The molecule has 0 saturated carbocycles. The Labute approximate surface area is 156 Å². The van der Waals surface area contributed by atoms with Crippen molar-refractivity contribution in [3.63, 3.8) is 0 Å². The van der Waals surface area contributed by atoms with Gasteiger partial charge >= 0.3 is 0 Å². The van der Waals surface area contributed by atoms with Crippen molar-refractivity contribution in [3.05, 3.63) is 70.1 Å². The summed E-state index contributed by atoms with van der Waals surface area (Å²) in [6.07, 6.45) is 8.13. The van der Waals surface area contributed by atoms with Gasteiger partial charge in [-0.1, -0.05) is 24.3 Å². The highest BCUT2D eigenvalue weighted by Crippen LogP contribution is 2.34. The van der Waals surface area contributed by atoms with Crippen LogP contribution < -0.4 is 0 Å². The van der Waals surface area contributed by atoms with Gasteiger partial charge in [-0.05, 0) is 60.1 Å². The van der Waals surface area contributed by atoms with E-state index in [4.69, 9.17) is 0 Å². The lowest BCUT2D eigenvalue weighted by atomic mass is 10.1. The first-order chi connectivity index (χ1) is 11.7. The topological polar surface area (TPSA) is 17.1 Å². The smallest absolute Gasteiger partial charge is 0.196 e. The number of allylic oxidation sites excluding steroid dienone is 1. The van der Waals surface area contributed by atoms with Gasteiger partial charge in [0.2, 0.25) is 0 Å². The maximum atomic E-state index is 12.6. The summed E-state index contributed by atoms with van der Waals surface area (Å²) in [7, 11) is 0. The van der Waals surface area contributed by atoms with Crippen LogP contribution in [0.4, 0.5) is 0 Å². The second-order valence-corrected chi connectivity index (χ2v) is 8.12. The molecule has 24 heavy (non-hydrogen) atoms. The first kappa shape index (κ1) is 17.5. The SMILES string of the molecule is CSc1ccc(/C=C2\CS/C(=C\c3ccc(SC)cc3)C2=O)cc1. The van der Waals surface area contributed by atoms with Crippen LogP contribution in [0.5, 0.6) is 0 Å². The average Bonchev–Trinajstić information content (AvgIpc) is 2.96. The lowest BCUT2D eigenvalue weighted by molar-refractivity contribution is -0.111. The molecular weight excluding hydrogens is 352 g/mol. The normalized spacial score (nSPS) is 17.8. The fraction of sp³-hybridized carbons (Fsp3) is 0.150. The molecule has 2 aromatic carbocycles. The van der Waals surface area contributed by atoms with Gasteiger partial charge in [-0.15, -0.1) is 35.3 Å². The number of Topliss-reactive ketones (excluding diaryl/α,β-unsaturated/α-hetero) is 1. The van der Waals surface area contributed by atoms with Crippen LogP contribution in [-0.4, -0.2) is 24.0 Å². The molecule has 0 spiro atoms. The lowest BCUT2D eigenvalue weighted by Crippen LogP contribution is -1.96. The molecular formula is C20H18OS3. The van der Waals surface area contributed by atoms with E-state index in [9.17, 15) is 4.79 Å². The third kappa shape index (κ3) is 4.18. The molecule has 1 nitrogen and oxygen atoms in total. The van der Waals surface area contributed by atoms with Crippen LogP contribution >= 0.6 is 35.3 Å². The summed E-state index contributed by atoms with van der Waals surface area (Å²) >= 11 is 5.07. The number of carbonyl (C=O) groups excluding carboxylic acids is 1. The summed E-state index contributed by atoms with van der Waals surface area (Å²) in [4.78, 5) is 15.9. The number of carbonyl (C=O) groups is 1. The van der Waals surface area contributed by atoms with E-state index in [-0.39, 0.29) is 5.78 Å².